The van der Waals surface area contributed by atoms with E-state index in [1.165, 1.54) is 12.1 Å². The van der Waals surface area contributed by atoms with Gasteiger partial charge in [0.1, 0.15) is 11.5 Å². The lowest BCUT2D eigenvalue weighted by atomic mass is 10.1. The average Bonchev–Trinajstić information content (AvgIpc) is 2.96. The highest BCUT2D eigenvalue weighted by Gasteiger charge is 2.18. The fourth-order valence-corrected chi connectivity index (χ4v) is 5.48. The van der Waals surface area contributed by atoms with Crippen molar-refractivity contribution in [2.45, 2.75) is 29.2 Å². The maximum atomic E-state index is 13.3. The van der Waals surface area contributed by atoms with Crippen LogP contribution in [0.5, 0.6) is 11.5 Å². The molecular weight excluding hydrogens is 550 g/mol. The van der Waals surface area contributed by atoms with Gasteiger partial charge in [-0.1, -0.05) is 41.9 Å². The number of halogens is 1. The third-order valence-corrected chi connectivity index (χ3v) is 8.11. The van der Waals surface area contributed by atoms with Gasteiger partial charge in [-0.15, -0.1) is 0 Å². The fourth-order valence-electron chi connectivity index (χ4n) is 3.99. The molecule has 1 unspecified atom stereocenters. The number of hydrogen-bond donors (Lipinski definition) is 2. The number of ether oxygens (including phenoxy) is 2. The first kappa shape index (κ1) is 29.3. The van der Waals surface area contributed by atoms with Crippen LogP contribution in [-0.4, -0.2) is 39.2 Å². The Labute approximate surface area is 239 Å². The van der Waals surface area contributed by atoms with E-state index >= 15 is 0 Å². The molecule has 0 aliphatic carbocycles. The zero-order valence-electron chi connectivity index (χ0n) is 21.9. The molecule has 4 rings (SSSR count). The van der Waals surface area contributed by atoms with Crippen LogP contribution in [0.3, 0.4) is 0 Å². The number of esters is 1. The number of aliphatic hydroxyl groups is 1. The molecular formula is C31H30ClNO6S. The quantitative estimate of drug-likeness (QED) is 0.157. The van der Waals surface area contributed by atoms with Crippen LogP contribution >= 0.6 is 11.6 Å². The second-order valence-corrected chi connectivity index (χ2v) is 11.4. The Balaban J connectivity index is 1.34. The Hall–Kier alpha value is -3.69. The SMILES string of the molecule is CCOC(=O)c1ccc(Oc2cccc(S(=O)(=O)c3ccc(CCNCC(O)c4cccc(Cl)c4)cc3)c2)cc1. The molecule has 0 saturated heterocycles. The maximum Gasteiger partial charge on any atom is 0.338 e. The molecule has 1 atom stereocenters. The summed E-state index contributed by atoms with van der Waals surface area (Å²) in [5.74, 6) is 0.394. The molecule has 0 aliphatic heterocycles. The second kappa shape index (κ2) is 13.6. The van der Waals surface area contributed by atoms with Crippen molar-refractivity contribution in [2.75, 3.05) is 19.7 Å². The van der Waals surface area contributed by atoms with Crippen LogP contribution < -0.4 is 10.1 Å². The van der Waals surface area contributed by atoms with E-state index in [1.54, 1.807) is 85.8 Å². The van der Waals surface area contributed by atoms with Crippen molar-refractivity contribution in [2.24, 2.45) is 0 Å². The summed E-state index contributed by atoms with van der Waals surface area (Å²) in [6.45, 7) is 3.02. The van der Waals surface area contributed by atoms with Gasteiger partial charge in [-0.3, -0.25) is 0 Å². The predicted molar refractivity (Wildman–Crippen MR) is 154 cm³/mol. The van der Waals surface area contributed by atoms with E-state index in [1.807, 2.05) is 6.07 Å². The lowest BCUT2D eigenvalue weighted by Gasteiger charge is -2.13. The van der Waals surface area contributed by atoms with Crippen LogP contribution in [0.25, 0.3) is 0 Å². The Bertz CT molecular complexity index is 1540. The number of carbonyl (C=O) groups excluding carboxylic acids is 1. The van der Waals surface area contributed by atoms with E-state index in [0.717, 1.165) is 11.1 Å². The summed E-state index contributed by atoms with van der Waals surface area (Å²) in [6.07, 6.45) is -0.00383. The molecule has 0 bridgehead atoms. The van der Waals surface area contributed by atoms with E-state index in [2.05, 4.69) is 5.32 Å². The molecule has 0 aromatic heterocycles. The van der Waals surface area contributed by atoms with Crippen LogP contribution in [0.2, 0.25) is 5.02 Å². The normalized spacial score (nSPS) is 12.1. The maximum absolute atomic E-state index is 13.3. The first-order valence-electron chi connectivity index (χ1n) is 12.8. The second-order valence-electron chi connectivity index (χ2n) is 8.99. The molecule has 208 valence electrons. The van der Waals surface area contributed by atoms with Gasteiger partial charge in [0.2, 0.25) is 9.84 Å². The topological polar surface area (TPSA) is 102 Å². The largest absolute Gasteiger partial charge is 0.462 e. The Morgan fingerprint density at radius 3 is 2.33 bits per heavy atom. The number of nitrogens with one attached hydrogen (secondary N) is 1. The minimum Gasteiger partial charge on any atom is -0.462 e. The molecule has 7 nitrogen and oxygen atoms in total. The first-order valence-corrected chi connectivity index (χ1v) is 14.7. The van der Waals surface area contributed by atoms with Crippen molar-refractivity contribution in [1.82, 2.24) is 5.32 Å². The van der Waals surface area contributed by atoms with Gasteiger partial charge in [0.15, 0.2) is 0 Å². The van der Waals surface area contributed by atoms with Crippen LogP contribution in [0.1, 0.15) is 34.5 Å². The molecule has 9 heteroatoms. The lowest BCUT2D eigenvalue weighted by molar-refractivity contribution is 0.0526. The summed E-state index contributed by atoms with van der Waals surface area (Å²) in [6, 6.07) is 26.6. The highest BCUT2D eigenvalue weighted by atomic mass is 35.5. The molecule has 0 fully saturated rings. The summed E-state index contributed by atoms with van der Waals surface area (Å²) in [7, 11) is -3.77. The van der Waals surface area contributed by atoms with Gasteiger partial charge in [0.05, 0.1) is 28.1 Å². The summed E-state index contributed by atoms with van der Waals surface area (Å²) in [5.41, 5.74) is 2.11. The van der Waals surface area contributed by atoms with Gasteiger partial charge in [-0.05, 0) is 97.7 Å². The molecule has 2 N–H and O–H groups in total. The number of rotatable bonds is 12. The van der Waals surface area contributed by atoms with Crippen LogP contribution in [0.15, 0.2) is 107 Å². The van der Waals surface area contributed by atoms with Crippen molar-refractivity contribution in [3.05, 3.63) is 119 Å². The molecule has 0 spiro atoms. The number of sulfone groups is 1. The fraction of sp³-hybridized carbons (Fsp3) is 0.194. The average molecular weight is 580 g/mol. The van der Waals surface area contributed by atoms with Crippen molar-refractivity contribution in [3.63, 3.8) is 0 Å². The summed E-state index contributed by atoms with van der Waals surface area (Å²) in [5, 5.41) is 14.1. The van der Waals surface area contributed by atoms with Crippen LogP contribution in [-0.2, 0) is 21.0 Å². The smallest absolute Gasteiger partial charge is 0.338 e. The zero-order chi connectivity index (χ0) is 28.5. The summed E-state index contributed by atoms with van der Waals surface area (Å²) >= 11 is 5.98. The summed E-state index contributed by atoms with van der Waals surface area (Å²) in [4.78, 5) is 12.1. The van der Waals surface area contributed by atoms with Crippen molar-refractivity contribution >= 4 is 27.4 Å². The van der Waals surface area contributed by atoms with E-state index in [9.17, 15) is 18.3 Å². The standard InChI is InChI=1S/C31H30ClNO6S/c1-2-38-31(35)23-11-13-26(14-12-23)39-27-7-4-8-29(20-27)40(36,37)28-15-9-22(10-16-28)17-18-33-21-30(34)24-5-3-6-25(32)19-24/h3-16,19-20,30,33-34H,2,17-18,21H2,1H3. The van der Waals surface area contributed by atoms with E-state index in [4.69, 9.17) is 21.1 Å². The minimum atomic E-state index is -3.77. The van der Waals surface area contributed by atoms with Gasteiger partial charge in [-0.2, -0.15) is 0 Å². The zero-order valence-corrected chi connectivity index (χ0v) is 23.5. The van der Waals surface area contributed by atoms with E-state index in [-0.39, 0.29) is 16.4 Å². The van der Waals surface area contributed by atoms with Crippen molar-refractivity contribution in [1.29, 1.82) is 0 Å². The Kier molecular flexibility index (Phi) is 9.95. The highest BCUT2D eigenvalue weighted by Crippen LogP contribution is 2.28. The first-order chi connectivity index (χ1) is 19.3. The van der Waals surface area contributed by atoms with Gasteiger partial charge >= 0.3 is 5.97 Å². The van der Waals surface area contributed by atoms with Gasteiger partial charge in [-0.25, -0.2) is 13.2 Å². The van der Waals surface area contributed by atoms with Crippen molar-refractivity contribution < 1.29 is 27.8 Å². The number of aliphatic hydroxyl groups excluding tert-OH is 1. The highest BCUT2D eigenvalue weighted by molar-refractivity contribution is 7.91. The number of hydrogen-bond acceptors (Lipinski definition) is 7. The summed E-state index contributed by atoms with van der Waals surface area (Å²) < 4.78 is 37.3. The Morgan fingerprint density at radius 1 is 0.900 bits per heavy atom. The molecule has 0 heterocycles. The van der Waals surface area contributed by atoms with E-state index < -0.39 is 21.9 Å². The van der Waals surface area contributed by atoms with E-state index in [0.29, 0.717) is 41.6 Å². The molecule has 0 radical (unpaired) electrons. The molecule has 0 saturated carbocycles. The number of benzene rings is 4. The Morgan fingerprint density at radius 2 is 1.62 bits per heavy atom. The van der Waals surface area contributed by atoms with Crippen LogP contribution in [0, 0.1) is 0 Å². The minimum absolute atomic E-state index is 0.109. The number of carbonyl (C=O) groups is 1. The lowest BCUT2D eigenvalue weighted by Crippen LogP contribution is -2.23. The van der Waals surface area contributed by atoms with Gasteiger partial charge < -0.3 is 19.9 Å². The molecule has 0 amide bonds. The monoisotopic (exact) mass is 579 g/mol. The molecule has 40 heavy (non-hydrogen) atoms. The molecule has 0 aliphatic rings. The third kappa shape index (κ3) is 7.70. The predicted octanol–water partition coefficient (Wildman–Crippen LogP) is 6.01. The molecule has 4 aromatic rings. The van der Waals surface area contributed by atoms with Crippen LogP contribution in [0.4, 0.5) is 0 Å². The van der Waals surface area contributed by atoms with Gasteiger partial charge in [0.25, 0.3) is 0 Å². The molecule has 4 aromatic carbocycles. The third-order valence-electron chi connectivity index (χ3n) is 6.11. The van der Waals surface area contributed by atoms with Gasteiger partial charge in [0, 0.05) is 11.6 Å². The van der Waals surface area contributed by atoms with Crippen molar-refractivity contribution in [3.8, 4) is 11.5 Å².